The molecule has 100 valence electrons. The summed E-state index contributed by atoms with van der Waals surface area (Å²) in [5.41, 5.74) is 1.08. The molecular weight excluding hydrogens is 244 g/mol. The molecule has 2 aliphatic carbocycles. The highest BCUT2D eigenvalue weighted by Crippen LogP contribution is 2.41. The first kappa shape index (κ1) is 12.1. The molecule has 0 saturated heterocycles. The number of nitro benzene ring substituents is 1. The molecule has 0 N–H and O–H groups in total. The zero-order valence-electron chi connectivity index (χ0n) is 10.6. The van der Waals surface area contributed by atoms with E-state index in [-0.39, 0.29) is 10.6 Å². The highest BCUT2D eigenvalue weighted by Gasteiger charge is 2.36. The van der Waals surface area contributed by atoms with Crippen LogP contribution in [0.2, 0.25) is 0 Å². The minimum Gasteiger partial charge on any atom is -0.363 e. The molecule has 0 heterocycles. The van der Waals surface area contributed by atoms with E-state index in [1.807, 2.05) is 0 Å². The van der Waals surface area contributed by atoms with Gasteiger partial charge in [0.15, 0.2) is 0 Å². The monoisotopic (exact) mass is 260 g/mol. The largest absolute Gasteiger partial charge is 0.363 e. The third kappa shape index (κ3) is 2.59. The van der Waals surface area contributed by atoms with Crippen LogP contribution in [-0.2, 0) is 0 Å². The summed E-state index contributed by atoms with van der Waals surface area (Å²) in [6.45, 7) is 0.909. The molecule has 0 atom stereocenters. The molecular formula is C14H16N2O3. The van der Waals surface area contributed by atoms with Crippen LogP contribution in [0.1, 0.15) is 36.0 Å². The van der Waals surface area contributed by atoms with Crippen LogP contribution < -0.4 is 4.90 Å². The second kappa shape index (κ2) is 4.64. The molecule has 1 aromatic carbocycles. The summed E-state index contributed by atoms with van der Waals surface area (Å²) in [7, 11) is 0. The Morgan fingerprint density at radius 1 is 1.32 bits per heavy atom. The molecule has 2 fully saturated rings. The first-order valence-electron chi connectivity index (χ1n) is 6.69. The van der Waals surface area contributed by atoms with E-state index < -0.39 is 0 Å². The van der Waals surface area contributed by atoms with Gasteiger partial charge in [-0.3, -0.25) is 14.9 Å². The van der Waals surface area contributed by atoms with Crippen molar-refractivity contribution in [1.29, 1.82) is 0 Å². The van der Waals surface area contributed by atoms with E-state index in [0.717, 1.165) is 19.4 Å². The molecule has 2 aliphatic rings. The topological polar surface area (TPSA) is 63.5 Å². The predicted molar refractivity (Wildman–Crippen MR) is 71.6 cm³/mol. The number of anilines is 1. The summed E-state index contributed by atoms with van der Waals surface area (Å²) in [5.74, 6) is 0.686. The molecule has 0 amide bonds. The summed E-state index contributed by atoms with van der Waals surface area (Å²) < 4.78 is 0. The second-order valence-corrected chi connectivity index (χ2v) is 5.45. The molecule has 2 saturated carbocycles. The zero-order valence-corrected chi connectivity index (χ0v) is 10.6. The van der Waals surface area contributed by atoms with Crippen LogP contribution in [-0.4, -0.2) is 23.8 Å². The van der Waals surface area contributed by atoms with E-state index in [9.17, 15) is 14.9 Å². The Balaban J connectivity index is 1.95. The van der Waals surface area contributed by atoms with Crippen molar-refractivity contribution in [2.75, 3.05) is 11.4 Å². The van der Waals surface area contributed by atoms with Gasteiger partial charge in [0, 0.05) is 24.2 Å². The quantitative estimate of drug-likeness (QED) is 0.448. The number of carbonyl (C=O) groups is 1. The number of rotatable bonds is 6. The molecule has 0 aromatic heterocycles. The van der Waals surface area contributed by atoms with Gasteiger partial charge in [-0.05, 0) is 43.7 Å². The first-order chi connectivity index (χ1) is 9.19. The molecule has 5 nitrogen and oxygen atoms in total. The first-order valence-corrected chi connectivity index (χ1v) is 6.69. The van der Waals surface area contributed by atoms with Gasteiger partial charge >= 0.3 is 0 Å². The molecule has 0 radical (unpaired) electrons. The molecule has 0 bridgehead atoms. The molecule has 0 unspecified atom stereocenters. The average Bonchev–Trinajstić information content (AvgIpc) is 3.27. The summed E-state index contributed by atoms with van der Waals surface area (Å²) in [6.07, 6.45) is 5.32. The standard InChI is InChI=1S/C14H16N2O3/c17-9-11-3-6-13(14(7-11)16(18)19)15(12-4-5-12)8-10-1-2-10/h3,6-7,9-10,12H,1-2,4-5,8H2. The summed E-state index contributed by atoms with van der Waals surface area (Å²) in [5, 5.41) is 11.2. The Bertz CT molecular complexity index is 521. The van der Waals surface area contributed by atoms with E-state index in [1.165, 1.54) is 18.9 Å². The second-order valence-electron chi connectivity index (χ2n) is 5.45. The molecule has 3 rings (SSSR count). The van der Waals surface area contributed by atoms with Gasteiger partial charge < -0.3 is 4.90 Å². The van der Waals surface area contributed by atoms with Gasteiger partial charge in [0.25, 0.3) is 5.69 Å². The van der Waals surface area contributed by atoms with Crippen molar-refractivity contribution in [1.82, 2.24) is 0 Å². The minimum absolute atomic E-state index is 0.0529. The van der Waals surface area contributed by atoms with E-state index in [2.05, 4.69) is 4.90 Å². The van der Waals surface area contributed by atoms with Crippen LogP contribution in [0.15, 0.2) is 18.2 Å². The van der Waals surface area contributed by atoms with E-state index in [1.54, 1.807) is 12.1 Å². The fraction of sp³-hybridized carbons (Fsp3) is 0.500. The zero-order chi connectivity index (χ0) is 13.4. The SMILES string of the molecule is O=Cc1ccc(N(CC2CC2)C2CC2)c([N+](=O)[O-])c1. The summed E-state index contributed by atoms with van der Waals surface area (Å²) in [4.78, 5) is 23.7. The number of nitrogens with zero attached hydrogens (tertiary/aromatic N) is 2. The van der Waals surface area contributed by atoms with Gasteiger partial charge in [-0.15, -0.1) is 0 Å². The Labute approximate surface area is 111 Å². The van der Waals surface area contributed by atoms with Crippen LogP contribution in [0.25, 0.3) is 0 Å². The van der Waals surface area contributed by atoms with Gasteiger partial charge in [0.05, 0.1) is 4.92 Å². The fourth-order valence-corrected chi connectivity index (χ4v) is 2.41. The molecule has 0 spiro atoms. The number of hydrogen-bond donors (Lipinski definition) is 0. The van der Waals surface area contributed by atoms with Crippen molar-refractivity contribution in [3.05, 3.63) is 33.9 Å². The Hall–Kier alpha value is -1.91. The predicted octanol–water partition coefficient (Wildman–Crippen LogP) is 2.79. The maximum atomic E-state index is 11.2. The lowest BCUT2D eigenvalue weighted by molar-refractivity contribution is -0.384. The van der Waals surface area contributed by atoms with Gasteiger partial charge in [0.2, 0.25) is 0 Å². The van der Waals surface area contributed by atoms with Crippen LogP contribution in [0, 0.1) is 16.0 Å². The van der Waals surface area contributed by atoms with Crippen LogP contribution >= 0.6 is 0 Å². The number of aldehydes is 1. The highest BCUT2D eigenvalue weighted by molar-refractivity contribution is 5.79. The van der Waals surface area contributed by atoms with Crippen molar-refractivity contribution in [3.8, 4) is 0 Å². The van der Waals surface area contributed by atoms with Gasteiger partial charge in [-0.1, -0.05) is 0 Å². The minimum atomic E-state index is -0.384. The molecule has 19 heavy (non-hydrogen) atoms. The third-order valence-corrected chi connectivity index (χ3v) is 3.78. The van der Waals surface area contributed by atoms with Crippen LogP contribution in [0.5, 0.6) is 0 Å². The number of benzene rings is 1. The lowest BCUT2D eigenvalue weighted by atomic mass is 10.1. The number of carbonyl (C=O) groups excluding carboxylic acids is 1. The van der Waals surface area contributed by atoms with Crippen molar-refractivity contribution >= 4 is 17.7 Å². The van der Waals surface area contributed by atoms with Crippen LogP contribution in [0.3, 0.4) is 0 Å². The molecule has 0 aliphatic heterocycles. The number of nitro groups is 1. The van der Waals surface area contributed by atoms with Crippen LogP contribution in [0.4, 0.5) is 11.4 Å². The van der Waals surface area contributed by atoms with E-state index in [4.69, 9.17) is 0 Å². The lowest BCUT2D eigenvalue weighted by Crippen LogP contribution is -2.28. The van der Waals surface area contributed by atoms with Crippen molar-refractivity contribution in [2.24, 2.45) is 5.92 Å². The summed E-state index contributed by atoms with van der Waals surface area (Å²) in [6, 6.07) is 5.21. The molecule has 5 heteroatoms. The maximum absolute atomic E-state index is 11.2. The smallest absolute Gasteiger partial charge is 0.293 e. The van der Waals surface area contributed by atoms with Crippen molar-refractivity contribution < 1.29 is 9.72 Å². The van der Waals surface area contributed by atoms with Gasteiger partial charge in [-0.25, -0.2) is 0 Å². The normalized spacial score (nSPS) is 18.1. The van der Waals surface area contributed by atoms with Gasteiger partial charge in [0.1, 0.15) is 12.0 Å². The Morgan fingerprint density at radius 3 is 2.58 bits per heavy atom. The summed E-state index contributed by atoms with van der Waals surface area (Å²) >= 11 is 0. The highest BCUT2D eigenvalue weighted by atomic mass is 16.6. The van der Waals surface area contributed by atoms with E-state index in [0.29, 0.717) is 29.5 Å². The fourth-order valence-electron chi connectivity index (χ4n) is 2.41. The van der Waals surface area contributed by atoms with Crippen molar-refractivity contribution in [3.63, 3.8) is 0 Å². The average molecular weight is 260 g/mol. The number of hydrogen-bond acceptors (Lipinski definition) is 4. The Morgan fingerprint density at radius 2 is 2.05 bits per heavy atom. The van der Waals surface area contributed by atoms with Crippen molar-refractivity contribution in [2.45, 2.75) is 31.7 Å². The molecule has 1 aromatic rings. The Kier molecular flexibility index (Phi) is 2.97. The lowest BCUT2D eigenvalue weighted by Gasteiger charge is -2.24. The van der Waals surface area contributed by atoms with Gasteiger partial charge in [-0.2, -0.15) is 0 Å². The third-order valence-electron chi connectivity index (χ3n) is 3.78. The maximum Gasteiger partial charge on any atom is 0.293 e. The van der Waals surface area contributed by atoms with E-state index >= 15 is 0 Å².